The zero-order valence-corrected chi connectivity index (χ0v) is 14.0. The maximum Gasteiger partial charge on any atom is 0.168 e. The Kier molecular flexibility index (Phi) is 4.03. The Labute approximate surface area is 141 Å². The smallest absolute Gasteiger partial charge is 0.168 e. The summed E-state index contributed by atoms with van der Waals surface area (Å²) in [6.45, 7) is 2.25. The normalized spacial score (nSPS) is 15.6. The lowest BCUT2D eigenvalue weighted by atomic mass is 9.91. The molecule has 4 rings (SSSR count). The van der Waals surface area contributed by atoms with E-state index in [0.717, 1.165) is 49.7 Å². The first-order chi connectivity index (χ1) is 11.7. The molecule has 2 aromatic rings. The van der Waals surface area contributed by atoms with Crippen molar-refractivity contribution in [2.24, 2.45) is 0 Å². The highest BCUT2D eigenvalue weighted by atomic mass is 19.1. The topological polar surface area (TPSA) is 9.23 Å². The predicted molar refractivity (Wildman–Crippen MR) is 91.3 cm³/mol. The molecule has 126 valence electrons. The maximum absolute atomic E-state index is 14.8. The van der Waals surface area contributed by atoms with E-state index in [1.54, 1.807) is 0 Å². The molecule has 1 fully saturated rings. The van der Waals surface area contributed by atoms with E-state index in [4.69, 9.17) is 4.74 Å². The fraction of sp³-hybridized carbons (Fsp3) is 0.429. The van der Waals surface area contributed by atoms with Crippen LogP contribution in [0, 0.1) is 11.6 Å². The van der Waals surface area contributed by atoms with Crippen LogP contribution in [0.2, 0.25) is 0 Å². The molecule has 0 atom stereocenters. The predicted octanol–water partition coefficient (Wildman–Crippen LogP) is 6.13. The Morgan fingerprint density at radius 3 is 2.54 bits per heavy atom. The third-order valence-corrected chi connectivity index (χ3v) is 5.17. The number of rotatable bonds is 5. The van der Waals surface area contributed by atoms with Gasteiger partial charge in [0.2, 0.25) is 0 Å². The van der Waals surface area contributed by atoms with Gasteiger partial charge in [-0.3, -0.25) is 0 Å². The third kappa shape index (κ3) is 2.60. The molecule has 0 aromatic heterocycles. The summed E-state index contributed by atoms with van der Waals surface area (Å²) in [4.78, 5) is 0. The van der Waals surface area contributed by atoms with Crippen LogP contribution in [0.4, 0.5) is 8.78 Å². The summed E-state index contributed by atoms with van der Waals surface area (Å²) in [5.41, 5.74) is 3.51. The second-order valence-corrected chi connectivity index (χ2v) is 6.93. The summed E-state index contributed by atoms with van der Waals surface area (Å²) in [5, 5.41) is 0. The second kappa shape index (κ2) is 6.19. The number of unbranched alkanes of at least 4 members (excludes halogenated alkanes) is 2. The Morgan fingerprint density at radius 2 is 1.79 bits per heavy atom. The van der Waals surface area contributed by atoms with Gasteiger partial charge in [0.05, 0.1) is 0 Å². The molecule has 24 heavy (non-hydrogen) atoms. The number of fused-ring (bicyclic) bond motifs is 3. The van der Waals surface area contributed by atoms with Crippen molar-refractivity contribution in [3.63, 3.8) is 0 Å². The average Bonchev–Trinajstić information content (AvgIpc) is 3.42. The fourth-order valence-electron chi connectivity index (χ4n) is 3.60. The molecule has 2 aromatic carbocycles. The Morgan fingerprint density at radius 1 is 1.00 bits per heavy atom. The third-order valence-electron chi connectivity index (χ3n) is 5.17. The molecule has 2 aliphatic rings. The summed E-state index contributed by atoms with van der Waals surface area (Å²) in [7, 11) is 0. The molecule has 0 saturated heterocycles. The fourth-order valence-corrected chi connectivity index (χ4v) is 3.60. The molecule has 0 amide bonds. The van der Waals surface area contributed by atoms with Crippen LogP contribution in [0.1, 0.15) is 61.6 Å². The molecule has 1 saturated carbocycles. The lowest BCUT2D eigenvalue weighted by Gasteiger charge is -2.23. The van der Waals surface area contributed by atoms with Gasteiger partial charge in [0.25, 0.3) is 0 Å². The lowest BCUT2D eigenvalue weighted by Crippen LogP contribution is -2.11. The van der Waals surface area contributed by atoms with E-state index < -0.39 is 0 Å². The van der Waals surface area contributed by atoms with Crippen LogP contribution in [0.3, 0.4) is 0 Å². The van der Waals surface area contributed by atoms with Crippen LogP contribution >= 0.6 is 0 Å². The number of aryl methyl sites for hydroxylation is 1. The summed E-state index contributed by atoms with van der Waals surface area (Å²) >= 11 is 0. The molecule has 1 nitrogen and oxygen atoms in total. The number of ether oxygens (including phenoxy) is 1. The molecule has 0 unspecified atom stereocenters. The molecule has 0 radical (unpaired) electrons. The van der Waals surface area contributed by atoms with Crippen LogP contribution in [0.5, 0.6) is 5.75 Å². The highest BCUT2D eigenvalue weighted by Gasteiger charge is 2.31. The summed E-state index contributed by atoms with van der Waals surface area (Å²) in [6, 6.07) is 7.51. The summed E-state index contributed by atoms with van der Waals surface area (Å²) in [6.07, 6.45) is 6.01. The van der Waals surface area contributed by atoms with Crippen molar-refractivity contribution in [2.45, 2.75) is 58.0 Å². The van der Waals surface area contributed by atoms with Gasteiger partial charge in [-0.15, -0.1) is 0 Å². The Hall–Kier alpha value is -1.90. The number of hydrogen-bond acceptors (Lipinski definition) is 1. The largest absolute Gasteiger partial charge is 0.485 e. The van der Waals surface area contributed by atoms with E-state index >= 15 is 0 Å². The second-order valence-electron chi connectivity index (χ2n) is 6.93. The van der Waals surface area contributed by atoms with E-state index in [0.29, 0.717) is 22.6 Å². The molecule has 0 spiro atoms. The average molecular weight is 328 g/mol. The standard InChI is InChI=1S/C21H22F2O/c1-2-3-4-5-14-8-9-17-16-11-10-15(13-6-7-13)20(23)18(16)12-24-21(17)19(14)22/h8-11,13H,2-7,12H2,1H3. The Balaban J connectivity index is 1.71. The van der Waals surface area contributed by atoms with Gasteiger partial charge in [0.1, 0.15) is 12.4 Å². The summed E-state index contributed by atoms with van der Waals surface area (Å²) < 4.78 is 35.2. The first-order valence-electron chi connectivity index (χ1n) is 8.96. The molecule has 1 heterocycles. The lowest BCUT2D eigenvalue weighted by molar-refractivity contribution is 0.279. The first kappa shape index (κ1) is 15.6. The van der Waals surface area contributed by atoms with E-state index in [1.807, 2.05) is 24.3 Å². The van der Waals surface area contributed by atoms with Crippen molar-refractivity contribution in [2.75, 3.05) is 0 Å². The highest BCUT2D eigenvalue weighted by molar-refractivity contribution is 5.76. The Bertz CT molecular complexity index is 778. The number of halogens is 2. The van der Waals surface area contributed by atoms with Crippen molar-refractivity contribution in [1.82, 2.24) is 0 Å². The van der Waals surface area contributed by atoms with Gasteiger partial charge >= 0.3 is 0 Å². The monoisotopic (exact) mass is 328 g/mol. The molecular formula is C21H22F2O. The zero-order valence-electron chi connectivity index (χ0n) is 14.0. The van der Waals surface area contributed by atoms with Gasteiger partial charge in [-0.05, 0) is 48.3 Å². The van der Waals surface area contributed by atoms with Gasteiger partial charge in [0, 0.05) is 11.1 Å². The van der Waals surface area contributed by atoms with Gasteiger partial charge in [0.15, 0.2) is 11.6 Å². The van der Waals surface area contributed by atoms with Crippen LogP contribution in [-0.2, 0) is 13.0 Å². The quantitative estimate of drug-likeness (QED) is 0.600. The van der Waals surface area contributed by atoms with Crippen molar-refractivity contribution in [1.29, 1.82) is 0 Å². The van der Waals surface area contributed by atoms with E-state index in [2.05, 4.69) is 6.92 Å². The van der Waals surface area contributed by atoms with Gasteiger partial charge < -0.3 is 4.74 Å². The minimum absolute atomic E-state index is 0.115. The van der Waals surface area contributed by atoms with E-state index in [1.165, 1.54) is 0 Å². The minimum atomic E-state index is -0.277. The maximum atomic E-state index is 14.8. The molecule has 3 heteroatoms. The summed E-state index contributed by atoms with van der Waals surface area (Å²) in [5.74, 6) is 0.207. The molecule has 1 aliphatic carbocycles. The molecule has 0 N–H and O–H groups in total. The van der Waals surface area contributed by atoms with Gasteiger partial charge in [-0.1, -0.05) is 44.0 Å². The molecule has 1 aliphatic heterocycles. The minimum Gasteiger partial charge on any atom is -0.485 e. The van der Waals surface area contributed by atoms with E-state index in [9.17, 15) is 8.78 Å². The van der Waals surface area contributed by atoms with Gasteiger partial charge in [-0.2, -0.15) is 0 Å². The van der Waals surface area contributed by atoms with Crippen molar-refractivity contribution < 1.29 is 13.5 Å². The van der Waals surface area contributed by atoms with Crippen LogP contribution < -0.4 is 4.74 Å². The van der Waals surface area contributed by atoms with Crippen molar-refractivity contribution in [3.8, 4) is 16.9 Å². The zero-order chi connectivity index (χ0) is 16.7. The van der Waals surface area contributed by atoms with Crippen molar-refractivity contribution in [3.05, 3.63) is 52.6 Å². The number of hydrogen-bond donors (Lipinski definition) is 0. The SMILES string of the molecule is CCCCCc1ccc2c(c1F)OCc1c-2ccc(C2CC2)c1F. The van der Waals surface area contributed by atoms with Crippen LogP contribution in [0.15, 0.2) is 24.3 Å². The molecule has 0 bridgehead atoms. The van der Waals surface area contributed by atoms with Crippen molar-refractivity contribution >= 4 is 0 Å². The van der Waals surface area contributed by atoms with Gasteiger partial charge in [-0.25, -0.2) is 8.78 Å². The van der Waals surface area contributed by atoms with Crippen LogP contribution in [-0.4, -0.2) is 0 Å². The number of benzene rings is 2. The highest BCUT2D eigenvalue weighted by Crippen LogP contribution is 2.46. The van der Waals surface area contributed by atoms with Crippen LogP contribution in [0.25, 0.3) is 11.1 Å². The first-order valence-corrected chi connectivity index (χ1v) is 8.96. The van der Waals surface area contributed by atoms with E-state index in [-0.39, 0.29) is 24.0 Å². The molecular weight excluding hydrogens is 306 g/mol.